The zero-order valence-electron chi connectivity index (χ0n) is 10.1. The standard InChI is InChI=1S/C14H12ClNO2/c1-9-3-5-11(15)7-13(9)14-8-12(16(17)18)6-4-10(14)2/h3-8H,1-2H3. The molecule has 0 bridgehead atoms. The molecule has 92 valence electrons. The predicted molar refractivity (Wildman–Crippen MR) is 73.0 cm³/mol. The van der Waals surface area contributed by atoms with Crippen molar-refractivity contribution in [2.75, 3.05) is 0 Å². The molecule has 0 aliphatic carbocycles. The van der Waals surface area contributed by atoms with E-state index in [2.05, 4.69) is 0 Å². The third-order valence-electron chi connectivity index (χ3n) is 2.92. The van der Waals surface area contributed by atoms with Gasteiger partial charge in [0.1, 0.15) is 0 Å². The number of nitro benzene ring substituents is 1. The molecule has 3 nitrogen and oxygen atoms in total. The van der Waals surface area contributed by atoms with Crippen LogP contribution in [0.2, 0.25) is 5.02 Å². The number of hydrogen-bond donors (Lipinski definition) is 0. The molecular weight excluding hydrogens is 250 g/mol. The van der Waals surface area contributed by atoms with E-state index in [0.717, 1.165) is 22.3 Å². The second-order valence-corrected chi connectivity index (χ2v) is 4.65. The zero-order chi connectivity index (χ0) is 13.3. The molecule has 0 fully saturated rings. The van der Waals surface area contributed by atoms with Crippen LogP contribution in [0.1, 0.15) is 11.1 Å². The Balaban J connectivity index is 2.66. The normalized spacial score (nSPS) is 10.4. The highest BCUT2D eigenvalue weighted by molar-refractivity contribution is 6.30. The van der Waals surface area contributed by atoms with Crippen LogP contribution < -0.4 is 0 Å². The minimum Gasteiger partial charge on any atom is -0.258 e. The van der Waals surface area contributed by atoms with Gasteiger partial charge in [-0.3, -0.25) is 10.1 Å². The highest BCUT2D eigenvalue weighted by atomic mass is 35.5. The zero-order valence-corrected chi connectivity index (χ0v) is 10.9. The van der Waals surface area contributed by atoms with E-state index in [9.17, 15) is 10.1 Å². The van der Waals surface area contributed by atoms with Gasteiger partial charge in [0.05, 0.1) is 4.92 Å². The summed E-state index contributed by atoms with van der Waals surface area (Å²) in [6, 6.07) is 10.4. The topological polar surface area (TPSA) is 43.1 Å². The summed E-state index contributed by atoms with van der Waals surface area (Å²) in [5, 5.41) is 11.5. The first-order chi connectivity index (χ1) is 8.49. The molecule has 0 N–H and O–H groups in total. The summed E-state index contributed by atoms with van der Waals surface area (Å²) in [6.07, 6.45) is 0. The molecule has 0 aliphatic rings. The van der Waals surface area contributed by atoms with Crippen molar-refractivity contribution in [3.05, 3.63) is 62.7 Å². The van der Waals surface area contributed by atoms with Crippen molar-refractivity contribution in [2.45, 2.75) is 13.8 Å². The maximum atomic E-state index is 10.8. The van der Waals surface area contributed by atoms with E-state index in [0.29, 0.717) is 5.02 Å². The average molecular weight is 262 g/mol. The van der Waals surface area contributed by atoms with Crippen LogP contribution in [-0.4, -0.2) is 4.92 Å². The molecule has 2 aromatic rings. The van der Waals surface area contributed by atoms with Crippen LogP contribution in [0.3, 0.4) is 0 Å². The maximum Gasteiger partial charge on any atom is 0.270 e. The summed E-state index contributed by atoms with van der Waals surface area (Å²) in [5.41, 5.74) is 3.91. The Morgan fingerprint density at radius 2 is 1.56 bits per heavy atom. The average Bonchev–Trinajstić information content (AvgIpc) is 2.33. The van der Waals surface area contributed by atoms with Gasteiger partial charge < -0.3 is 0 Å². The van der Waals surface area contributed by atoms with Crippen molar-refractivity contribution >= 4 is 17.3 Å². The number of non-ortho nitro benzene ring substituents is 1. The van der Waals surface area contributed by atoms with E-state index in [4.69, 9.17) is 11.6 Å². The lowest BCUT2D eigenvalue weighted by Gasteiger charge is -2.09. The largest absolute Gasteiger partial charge is 0.270 e. The van der Waals surface area contributed by atoms with Gasteiger partial charge in [-0.2, -0.15) is 0 Å². The summed E-state index contributed by atoms with van der Waals surface area (Å²) in [7, 11) is 0. The Hall–Kier alpha value is -1.87. The molecule has 0 aromatic heterocycles. The Kier molecular flexibility index (Phi) is 3.34. The van der Waals surface area contributed by atoms with E-state index in [-0.39, 0.29) is 10.6 Å². The molecule has 2 aromatic carbocycles. The van der Waals surface area contributed by atoms with Gasteiger partial charge in [0.15, 0.2) is 0 Å². The Morgan fingerprint density at radius 1 is 1.00 bits per heavy atom. The maximum absolute atomic E-state index is 10.8. The van der Waals surface area contributed by atoms with E-state index in [1.807, 2.05) is 32.0 Å². The number of nitrogens with zero attached hydrogens (tertiary/aromatic N) is 1. The third kappa shape index (κ3) is 2.36. The van der Waals surface area contributed by atoms with Gasteiger partial charge in [0.25, 0.3) is 5.69 Å². The molecule has 2 rings (SSSR count). The van der Waals surface area contributed by atoms with Gasteiger partial charge in [0, 0.05) is 17.2 Å². The van der Waals surface area contributed by atoms with Crippen LogP contribution >= 0.6 is 11.6 Å². The monoisotopic (exact) mass is 261 g/mol. The van der Waals surface area contributed by atoms with Crippen LogP contribution in [0.5, 0.6) is 0 Å². The molecule has 4 heteroatoms. The SMILES string of the molecule is Cc1ccc(Cl)cc1-c1cc([N+](=O)[O-])ccc1C. The molecule has 0 unspecified atom stereocenters. The lowest BCUT2D eigenvalue weighted by atomic mass is 9.96. The number of aryl methyl sites for hydroxylation is 2. The fraction of sp³-hybridized carbons (Fsp3) is 0.143. The number of hydrogen-bond acceptors (Lipinski definition) is 2. The van der Waals surface area contributed by atoms with Gasteiger partial charge in [-0.25, -0.2) is 0 Å². The third-order valence-corrected chi connectivity index (χ3v) is 3.16. The molecule has 0 saturated carbocycles. The quantitative estimate of drug-likeness (QED) is 0.589. The van der Waals surface area contributed by atoms with Gasteiger partial charge in [0.2, 0.25) is 0 Å². The van der Waals surface area contributed by atoms with Crippen molar-refractivity contribution < 1.29 is 4.92 Å². The Labute approximate surface area is 110 Å². The number of benzene rings is 2. The molecule has 0 atom stereocenters. The smallest absolute Gasteiger partial charge is 0.258 e. The Morgan fingerprint density at radius 3 is 2.17 bits per heavy atom. The molecule has 0 heterocycles. The minimum atomic E-state index is -0.386. The fourth-order valence-corrected chi connectivity index (χ4v) is 2.07. The highest BCUT2D eigenvalue weighted by Crippen LogP contribution is 2.31. The van der Waals surface area contributed by atoms with Crippen LogP contribution in [-0.2, 0) is 0 Å². The Bertz CT molecular complexity index is 623. The molecule has 0 radical (unpaired) electrons. The van der Waals surface area contributed by atoms with E-state index in [1.165, 1.54) is 6.07 Å². The van der Waals surface area contributed by atoms with Crippen molar-refractivity contribution in [2.24, 2.45) is 0 Å². The molecule has 0 amide bonds. The molecule has 18 heavy (non-hydrogen) atoms. The first-order valence-corrected chi connectivity index (χ1v) is 5.88. The fourth-order valence-electron chi connectivity index (χ4n) is 1.90. The second-order valence-electron chi connectivity index (χ2n) is 4.22. The van der Waals surface area contributed by atoms with E-state index in [1.54, 1.807) is 12.1 Å². The van der Waals surface area contributed by atoms with Crippen LogP contribution in [0.25, 0.3) is 11.1 Å². The molecule has 0 aliphatic heterocycles. The summed E-state index contributed by atoms with van der Waals surface area (Å²) >= 11 is 5.99. The van der Waals surface area contributed by atoms with Gasteiger partial charge in [-0.15, -0.1) is 0 Å². The van der Waals surface area contributed by atoms with Crippen molar-refractivity contribution in [1.82, 2.24) is 0 Å². The molecule has 0 saturated heterocycles. The number of rotatable bonds is 2. The second kappa shape index (κ2) is 4.78. The van der Waals surface area contributed by atoms with E-state index >= 15 is 0 Å². The van der Waals surface area contributed by atoms with Crippen molar-refractivity contribution in [3.63, 3.8) is 0 Å². The summed E-state index contributed by atoms with van der Waals surface area (Å²) in [5.74, 6) is 0. The van der Waals surface area contributed by atoms with Crippen molar-refractivity contribution in [3.8, 4) is 11.1 Å². The van der Waals surface area contributed by atoms with Crippen LogP contribution in [0.15, 0.2) is 36.4 Å². The van der Waals surface area contributed by atoms with Gasteiger partial charge >= 0.3 is 0 Å². The number of halogens is 1. The first-order valence-electron chi connectivity index (χ1n) is 5.50. The van der Waals surface area contributed by atoms with Crippen LogP contribution in [0.4, 0.5) is 5.69 Å². The first kappa shape index (κ1) is 12.6. The molecular formula is C14H12ClNO2. The van der Waals surface area contributed by atoms with E-state index < -0.39 is 0 Å². The van der Waals surface area contributed by atoms with Gasteiger partial charge in [-0.1, -0.05) is 23.7 Å². The summed E-state index contributed by atoms with van der Waals surface area (Å²) < 4.78 is 0. The van der Waals surface area contributed by atoms with Crippen LogP contribution in [0, 0.1) is 24.0 Å². The minimum absolute atomic E-state index is 0.0926. The number of nitro groups is 1. The van der Waals surface area contributed by atoms with Gasteiger partial charge in [-0.05, 0) is 48.2 Å². The molecule has 0 spiro atoms. The predicted octanol–water partition coefficient (Wildman–Crippen LogP) is 4.53. The lowest BCUT2D eigenvalue weighted by Crippen LogP contribution is -1.92. The summed E-state index contributed by atoms with van der Waals surface area (Å²) in [6.45, 7) is 3.89. The highest BCUT2D eigenvalue weighted by Gasteiger charge is 2.12. The lowest BCUT2D eigenvalue weighted by molar-refractivity contribution is -0.384. The van der Waals surface area contributed by atoms with Crippen molar-refractivity contribution in [1.29, 1.82) is 0 Å². The summed E-state index contributed by atoms with van der Waals surface area (Å²) in [4.78, 5) is 10.4.